The zero-order chi connectivity index (χ0) is 21.1. The van der Waals surface area contributed by atoms with Crippen LogP contribution in [0.3, 0.4) is 0 Å². The summed E-state index contributed by atoms with van der Waals surface area (Å²) in [5.74, 6) is 0. The smallest absolute Gasteiger partial charge is 0.350 e. The van der Waals surface area contributed by atoms with Crippen molar-refractivity contribution < 1.29 is 35.8 Å². The minimum absolute atomic E-state index is 0.0890. The minimum atomic E-state index is -4.87. The Labute approximate surface area is 163 Å². The van der Waals surface area contributed by atoms with Gasteiger partial charge in [-0.15, -0.1) is 0 Å². The Balaban J connectivity index is 1.70. The highest BCUT2D eigenvalue weighted by atomic mass is 19.4. The maximum absolute atomic E-state index is 13.0. The van der Waals surface area contributed by atoms with E-state index in [0.717, 1.165) is 5.56 Å². The van der Waals surface area contributed by atoms with Crippen molar-refractivity contribution >= 4 is 0 Å². The number of nitrogens with one attached hydrogen (secondary N) is 1. The summed E-state index contributed by atoms with van der Waals surface area (Å²) in [7, 11) is 0. The maximum atomic E-state index is 13.0. The number of benzene rings is 2. The fourth-order valence-electron chi connectivity index (χ4n) is 3.12. The van der Waals surface area contributed by atoms with Crippen LogP contribution in [0.5, 0.6) is 0 Å². The molecule has 1 aliphatic heterocycles. The summed E-state index contributed by atoms with van der Waals surface area (Å²) in [5, 5.41) is 3.24. The monoisotopic (exact) mass is 419 g/mol. The first-order valence-corrected chi connectivity index (χ1v) is 8.94. The Hall–Kier alpha value is -2.10. The van der Waals surface area contributed by atoms with Gasteiger partial charge in [0.15, 0.2) is 6.29 Å². The first-order chi connectivity index (χ1) is 13.6. The molecule has 2 aromatic carbocycles. The van der Waals surface area contributed by atoms with Crippen LogP contribution >= 0.6 is 0 Å². The predicted octanol–water partition coefficient (Wildman–Crippen LogP) is 4.97. The third kappa shape index (κ3) is 5.71. The van der Waals surface area contributed by atoms with Gasteiger partial charge in [0.25, 0.3) is 0 Å². The van der Waals surface area contributed by atoms with Crippen molar-refractivity contribution in [1.29, 1.82) is 0 Å². The Morgan fingerprint density at radius 1 is 0.931 bits per heavy atom. The molecule has 1 saturated heterocycles. The summed E-state index contributed by atoms with van der Waals surface area (Å²) in [6.45, 7) is 0.895. The molecule has 0 amide bonds. The molecule has 0 aliphatic carbocycles. The van der Waals surface area contributed by atoms with Crippen molar-refractivity contribution in [1.82, 2.24) is 5.32 Å². The van der Waals surface area contributed by atoms with E-state index < -0.39 is 29.8 Å². The van der Waals surface area contributed by atoms with Gasteiger partial charge in [-0.3, -0.25) is 0 Å². The van der Waals surface area contributed by atoms with E-state index in [1.54, 1.807) is 0 Å². The lowest BCUT2D eigenvalue weighted by Crippen LogP contribution is -2.43. The third-order valence-corrected chi connectivity index (χ3v) is 4.50. The van der Waals surface area contributed by atoms with E-state index in [1.165, 1.54) is 0 Å². The number of hydrogen-bond donors (Lipinski definition) is 1. The normalized spacial score (nSPS) is 20.6. The summed E-state index contributed by atoms with van der Waals surface area (Å²) in [6, 6.07) is 10.6. The lowest BCUT2D eigenvalue weighted by Gasteiger charge is -2.33. The zero-order valence-electron chi connectivity index (χ0n) is 15.2. The van der Waals surface area contributed by atoms with Crippen LogP contribution in [0.4, 0.5) is 26.3 Å². The molecule has 3 rings (SSSR count). The molecule has 9 heteroatoms. The van der Waals surface area contributed by atoms with E-state index in [2.05, 4.69) is 5.32 Å². The molecule has 0 saturated carbocycles. The highest BCUT2D eigenvalue weighted by molar-refractivity contribution is 5.33. The van der Waals surface area contributed by atoms with Gasteiger partial charge in [0.2, 0.25) is 0 Å². The van der Waals surface area contributed by atoms with Gasteiger partial charge in [0.05, 0.1) is 30.4 Å². The van der Waals surface area contributed by atoms with Crippen molar-refractivity contribution in [3.8, 4) is 0 Å². The van der Waals surface area contributed by atoms with Gasteiger partial charge in [0, 0.05) is 6.54 Å². The molecule has 1 heterocycles. The summed E-state index contributed by atoms with van der Waals surface area (Å²) in [4.78, 5) is 0. The average Bonchev–Trinajstić information content (AvgIpc) is 2.67. The second-order valence-corrected chi connectivity index (χ2v) is 6.62. The van der Waals surface area contributed by atoms with Gasteiger partial charge in [-0.1, -0.05) is 30.3 Å². The van der Waals surface area contributed by atoms with E-state index in [1.807, 2.05) is 30.3 Å². The molecule has 0 bridgehead atoms. The first-order valence-electron chi connectivity index (χ1n) is 8.94. The highest BCUT2D eigenvalue weighted by Crippen LogP contribution is 2.36. The second kappa shape index (κ2) is 8.73. The standard InChI is InChI=1S/C20H19F6NO2/c21-19(22,23)15-10-13(11-16(12-15)20(24,25)26)6-8-28-18-17(27-7-9-29-18)14-4-2-1-3-5-14/h1-5,10-12,17-18,27H,6-9H2/t17-,18+/m0/s1. The summed E-state index contributed by atoms with van der Waals surface area (Å²) < 4.78 is 89.0. The van der Waals surface area contributed by atoms with E-state index >= 15 is 0 Å². The van der Waals surface area contributed by atoms with Crippen LogP contribution in [0.25, 0.3) is 0 Å². The van der Waals surface area contributed by atoms with Crippen molar-refractivity contribution in [2.45, 2.75) is 31.1 Å². The molecule has 1 fully saturated rings. The zero-order valence-corrected chi connectivity index (χ0v) is 15.2. The summed E-state index contributed by atoms with van der Waals surface area (Å²) in [6.07, 6.45) is -10.6. The van der Waals surface area contributed by atoms with Crippen LogP contribution in [0, 0.1) is 0 Å². The van der Waals surface area contributed by atoms with Crippen molar-refractivity contribution in [3.05, 3.63) is 70.8 Å². The van der Waals surface area contributed by atoms with Crippen LogP contribution in [-0.2, 0) is 28.2 Å². The van der Waals surface area contributed by atoms with Gasteiger partial charge in [0.1, 0.15) is 0 Å². The molecular formula is C20H19F6NO2. The van der Waals surface area contributed by atoms with Gasteiger partial charge >= 0.3 is 12.4 Å². The van der Waals surface area contributed by atoms with Crippen molar-refractivity contribution in [2.24, 2.45) is 0 Å². The molecule has 0 aromatic heterocycles. The van der Waals surface area contributed by atoms with E-state index in [-0.39, 0.29) is 30.7 Å². The Kier molecular flexibility index (Phi) is 6.50. The topological polar surface area (TPSA) is 30.5 Å². The predicted molar refractivity (Wildman–Crippen MR) is 93.0 cm³/mol. The number of hydrogen-bond acceptors (Lipinski definition) is 3. The van der Waals surface area contributed by atoms with Gasteiger partial charge in [-0.05, 0) is 35.7 Å². The Morgan fingerprint density at radius 2 is 1.55 bits per heavy atom. The minimum Gasteiger partial charge on any atom is -0.350 e. The van der Waals surface area contributed by atoms with E-state index in [9.17, 15) is 26.3 Å². The van der Waals surface area contributed by atoms with Crippen molar-refractivity contribution in [3.63, 3.8) is 0 Å². The quantitative estimate of drug-likeness (QED) is 0.695. The van der Waals surface area contributed by atoms with Crippen LogP contribution in [0.1, 0.15) is 28.3 Å². The average molecular weight is 419 g/mol. The summed E-state index contributed by atoms with van der Waals surface area (Å²) in [5.41, 5.74) is -1.86. The number of alkyl halides is 6. The Morgan fingerprint density at radius 3 is 2.14 bits per heavy atom. The molecule has 0 spiro atoms. The number of morpholine rings is 1. The van der Waals surface area contributed by atoms with Crippen LogP contribution in [0.15, 0.2) is 48.5 Å². The third-order valence-electron chi connectivity index (χ3n) is 4.50. The number of halogens is 6. The second-order valence-electron chi connectivity index (χ2n) is 6.62. The molecule has 29 heavy (non-hydrogen) atoms. The van der Waals surface area contributed by atoms with Crippen LogP contribution < -0.4 is 5.32 Å². The molecule has 3 nitrogen and oxygen atoms in total. The van der Waals surface area contributed by atoms with Crippen LogP contribution in [0.2, 0.25) is 0 Å². The lowest BCUT2D eigenvalue weighted by molar-refractivity contribution is -0.177. The molecular weight excluding hydrogens is 400 g/mol. The van der Waals surface area contributed by atoms with E-state index in [4.69, 9.17) is 9.47 Å². The molecule has 158 valence electrons. The van der Waals surface area contributed by atoms with Gasteiger partial charge in [-0.2, -0.15) is 26.3 Å². The van der Waals surface area contributed by atoms with Crippen LogP contribution in [-0.4, -0.2) is 26.0 Å². The number of rotatable bonds is 5. The Bertz CT molecular complexity index is 775. The lowest BCUT2D eigenvalue weighted by atomic mass is 10.0. The highest BCUT2D eigenvalue weighted by Gasteiger charge is 2.37. The van der Waals surface area contributed by atoms with E-state index in [0.29, 0.717) is 25.3 Å². The molecule has 1 aliphatic rings. The fourth-order valence-corrected chi connectivity index (χ4v) is 3.12. The molecule has 0 unspecified atom stereocenters. The van der Waals surface area contributed by atoms with Gasteiger partial charge < -0.3 is 14.8 Å². The molecule has 1 N–H and O–H groups in total. The van der Waals surface area contributed by atoms with Gasteiger partial charge in [-0.25, -0.2) is 0 Å². The molecule has 2 atom stereocenters. The summed E-state index contributed by atoms with van der Waals surface area (Å²) >= 11 is 0. The first kappa shape index (κ1) is 21.6. The number of ether oxygens (including phenoxy) is 2. The maximum Gasteiger partial charge on any atom is 0.416 e. The molecule has 0 radical (unpaired) electrons. The largest absolute Gasteiger partial charge is 0.416 e. The SMILES string of the molecule is FC(F)(F)c1cc(CCO[C@@H]2OCCN[C@H]2c2ccccc2)cc(C(F)(F)F)c1. The fraction of sp³-hybridized carbons (Fsp3) is 0.400. The molecule has 2 aromatic rings. The van der Waals surface area contributed by atoms with Crippen molar-refractivity contribution in [2.75, 3.05) is 19.8 Å².